The number of aromatic nitrogens is 3. The molecule has 2 aromatic carbocycles. The van der Waals surface area contributed by atoms with E-state index in [9.17, 15) is 4.79 Å². The van der Waals surface area contributed by atoms with Crippen molar-refractivity contribution in [3.05, 3.63) is 76.8 Å². The van der Waals surface area contributed by atoms with E-state index < -0.39 is 0 Å². The highest BCUT2D eigenvalue weighted by Crippen LogP contribution is 2.39. The molecular formula is C28H30N8OS. The first-order valence-electron chi connectivity index (χ1n) is 12.6. The molecule has 2 aliphatic heterocycles. The van der Waals surface area contributed by atoms with E-state index in [1.165, 1.54) is 43.1 Å². The number of carbonyl (C=O) groups excluding carboxylic acids is 1. The number of hydrogen-bond acceptors (Lipinski definition) is 9. The molecule has 0 bridgehead atoms. The lowest BCUT2D eigenvalue weighted by atomic mass is 9.73. The van der Waals surface area contributed by atoms with Crippen LogP contribution in [0.5, 0.6) is 0 Å². The molecule has 0 radical (unpaired) electrons. The van der Waals surface area contributed by atoms with E-state index >= 15 is 0 Å². The molecule has 194 valence electrons. The van der Waals surface area contributed by atoms with Crippen molar-refractivity contribution in [3.8, 4) is 11.5 Å². The number of nitrogens with one attached hydrogen (secondary N) is 2. The molecule has 38 heavy (non-hydrogen) atoms. The molecule has 2 fully saturated rings. The Kier molecular flexibility index (Phi) is 6.30. The Morgan fingerprint density at radius 1 is 1.08 bits per heavy atom. The molecule has 0 atom stereocenters. The van der Waals surface area contributed by atoms with Gasteiger partial charge >= 0.3 is 0 Å². The van der Waals surface area contributed by atoms with Gasteiger partial charge in [0.25, 0.3) is 5.91 Å². The van der Waals surface area contributed by atoms with Gasteiger partial charge in [0.2, 0.25) is 0 Å². The minimum Gasteiger partial charge on any atom is -0.384 e. The van der Waals surface area contributed by atoms with Crippen molar-refractivity contribution in [1.29, 1.82) is 0 Å². The Balaban J connectivity index is 1.07. The molecular weight excluding hydrogens is 496 g/mol. The zero-order valence-corrected chi connectivity index (χ0v) is 22.3. The summed E-state index contributed by atoms with van der Waals surface area (Å²) >= 11 is 1.45. The van der Waals surface area contributed by atoms with E-state index in [1.54, 1.807) is 12.3 Å². The number of thiazole rings is 1. The molecule has 2 aliphatic rings. The van der Waals surface area contributed by atoms with Crippen LogP contribution in [-0.4, -0.2) is 63.9 Å². The molecule has 0 unspecified atom stereocenters. The Labute approximate surface area is 225 Å². The quantitative estimate of drug-likeness (QED) is 0.328. The SMILES string of the molecule is Cc1ccc(NC(=O)c2ccc(CN3CC4(CN(C)C4)C3)cc2)cc1Nc1nc(-c2nccc(N)n2)cs1. The summed E-state index contributed by atoms with van der Waals surface area (Å²) in [5.41, 5.74) is 11.4. The van der Waals surface area contributed by atoms with Crippen LogP contribution < -0.4 is 16.4 Å². The van der Waals surface area contributed by atoms with Gasteiger partial charge in [-0.05, 0) is 55.4 Å². The highest BCUT2D eigenvalue weighted by molar-refractivity contribution is 7.14. The molecule has 0 aliphatic carbocycles. The summed E-state index contributed by atoms with van der Waals surface area (Å²) in [6.07, 6.45) is 1.61. The fourth-order valence-electron chi connectivity index (χ4n) is 5.42. The van der Waals surface area contributed by atoms with Crippen molar-refractivity contribution in [2.75, 3.05) is 49.6 Å². The van der Waals surface area contributed by atoms with Gasteiger partial charge in [0, 0.05) is 66.7 Å². The summed E-state index contributed by atoms with van der Waals surface area (Å²) in [4.78, 5) is 30.9. The second kappa shape index (κ2) is 9.79. The van der Waals surface area contributed by atoms with Gasteiger partial charge in [-0.2, -0.15) is 0 Å². The summed E-state index contributed by atoms with van der Waals surface area (Å²) in [7, 11) is 2.18. The van der Waals surface area contributed by atoms with Crippen LogP contribution in [0.25, 0.3) is 11.5 Å². The Morgan fingerprint density at radius 2 is 1.87 bits per heavy atom. The number of nitrogen functional groups attached to an aromatic ring is 1. The van der Waals surface area contributed by atoms with Crippen molar-refractivity contribution in [2.24, 2.45) is 5.41 Å². The number of carbonyl (C=O) groups is 1. The summed E-state index contributed by atoms with van der Waals surface area (Å²) in [5.74, 6) is 0.748. The highest BCUT2D eigenvalue weighted by Gasteiger charge is 2.49. The molecule has 4 aromatic rings. The Bertz CT molecular complexity index is 1470. The van der Waals surface area contributed by atoms with Gasteiger partial charge in [-0.3, -0.25) is 9.69 Å². The number of amides is 1. The molecule has 2 aromatic heterocycles. The molecule has 6 rings (SSSR count). The largest absolute Gasteiger partial charge is 0.384 e. The van der Waals surface area contributed by atoms with E-state index in [0.717, 1.165) is 17.8 Å². The van der Waals surface area contributed by atoms with Gasteiger partial charge in [-0.25, -0.2) is 15.0 Å². The number of hydrogen-bond donors (Lipinski definition) is 3. The maximum absolute atomic E-state index is 12.9. The smallest absolute Gasteiger partial charge is 0.255 e. The number of nitrogens with two attached hydrogens (primary N) is 1. The summed E-state index contributed by atoms with van der Waals surface area (Å²) < 4.78 is 0. The second-order valence-electron chi connectivity index (χ2n) is 10.5. The summed E-state index contributed by atoms with van der Waals surface area (Å²) in [6.45, 7) is 7.69. The molecule has 0 saturated carbocycles. The van der Waals surface area contributed by atoms with E-state index in [0.29, 0.717) is 39.1 Å². The predicted molar refractivity (Wildman–Crippen MR) is 152 cm³/mol. The van der Waals surface area contributed by atoms with Crippen molar-refractivity contribution in [2.45, 2.75) is 13.5 Å². The number of aryl methyl sites for hydroxylation is 1. The van der Waals surface area contributed by atoms with Crippen LogP contribution in [0, 0.1) is 12.3 Å². The fourth-order valence-corrected chi connectivity index (χ4v) is 6.12. The fraction of sp³-hybridized carbons (Fsp3) is 0.286. The van der Waals surface area contributed by atoms with Crippen LogP contribution in [0.3, 0.4) is 0 Å². The van der Waals surface area contributed by atoms with E-state index in [2.05, 4.69) is 54.6 Å². The maximum atomic E-state index is 12.9. The van der Waals surface area contributed by atoms with Gasteiger partial charge in [-0.1, -0.05) is 18.2 Å². The topological polar surface area (TPSA) is 112 Å². The Hall–Kier alpha value is -3.86. The number of benzene rings is 2. The van der Waals surface area contributed by atoms with Crippen LogP contribution in [0.15, 0.2) is 60.1 Å². The van der Waals surface area contributed by atoms with E-state index in [-0.39, 0.29) is 5.91 Å². The monoisotopic (exact) mass is 526 g/mol. The third kappa shape index (κ3) is 5.10. The zero-order chi connectivity index (χ0) is 26.3. The summed E-state index contributed by atoms with van der Waals surface area (Å²) in [6, 6.07) is 15.3. The van der Waals surface area contributed by atoms with Crippen molar-refractivity contribution in [3.63, 3.8) is 0 Å². The highest BCUT2D eigenvalue weighted by atomic mass is 32.1. The first-order chi connectivity index (χ1) is 18.3. The molecule has 2 saturated heterocycles. The van der Waals surface area contributed by atoms with Crippen LogP contribution in [0.1, 0.15) is 21.5 Å². The number of likely N-dealkylation sites (tertiary alicyclic amines) is 2. The standard InChI is InChI=1S/C28H30N8OS/c1-18-3-8-21(11-22(18)32-27-33-23(13-38-27)25-30-10-9-24(29)34-25)31-26(37)20-6-4-19(5-7-20)12-36-16-28(17-36)14-35(2)15-28/h3-11,13H,12,14-17H2,1-2H3,(H,31,37)(H,32,33)(H2,29,30,34). The lowest BCUT2D eigenvalue weighted by Crippen LogP contribution is -2.70. The molecule has 4 heterocycles. The van der Waals surface area contributed by atoms with Crippen LogP contribution >= 0.6 is 11.3 Å². The molecule has 10 heteroatoms. The lowest BCUT2D eigenvalue weighted by molar-refractivity contribution is -0.107. The second-order valence-corrected chi connectivity index (χ2v) is 11.3. The number of rotatable bonds is 7. The number of nitrogens with zero attached hydrogens (tertiary/aromatic N) is 5. The third-order valence-electron chi connectivity index (χ3n) is 7.10. The first kappa shape index (κ1) is 24.5. The lowest BCUT2D eigenvalue weighted by Gasteiger charge is -2.59. The average Bonchev–Trinajstić information content (AvgIpc) is 3.33. The van der Waals surface area contributed by atoms with E-state index in [4.69, 9.17) is 5.73 Å². The Morgan fingerprint density at radius 3 is 2.61 bits per heavy atom. The van der Waals surface area contributed by atoms with Crippen molar-refractivity contribution in [1.82, 2.24) is 24.8 Å². The maximum Gasteiger partial charge on any atom is 0.255 e. The predicted octanol–water partition coefficient (Wildman–Crippen LogP) is 4.23. The van der Waals surface area contributed by atoms with Crippen LogP contribution in [-0.2, 0) is 6.54 Å². The van der Waals surface area contributed by atoms with Gasteiger partial charge in [-0.15, -0.1) is 11.3 Å². The van der Waals surface area contributed by atoms with Crippen LogP contribution in [0.2, 0.25) is 0 Å². The van der Waals surface area contributed by atoms with Gasteiger partial charge in [0.05, 0.1) is 0 Å². The molecule has 4 N–H and O–H groups in total. The summed E-state index contributed by atoms with van der Waals surface area (Å²) in [5, 5.41) is 8.94. The number of anilines is 4. The normalized spacial score (nSPS) is 16.6. The molecule has 1 spiro atoms. The van der Waals surface area contributed by atoms with Crippen molar-refractivity contribution < 1.29 is 4.79 Å². The zero-order valence-electron chi connectivity index (χ0n) is 21.4. The van der Waals surface area contributed by atoms with Gasteiger partial charge in [0.1, 0.15) is 11.5 Å². The third-order valence-corrected chi connectivity index (χ3v) is 7.86. The molecule has 9 nitrogen and oxygen atoms in total. The van der Waals surface area contributed by atoms with Gasteiger partial charge in [0.15, 0.2) is 11.0 Å². The minimum absolute atomic E-state index is 0.137. The van der Waals surface area contributed by atoms with Crippen molar-refractivity contribution >= 4 is 39.6 Å². The molecule has 1 amide bonds. The first-order valence-corrected chi connectivity index (χ1v) is 13.5. The van der Waals surface area contributed by atoms with Gasteiger partial charge < -0.3 is 21.3 Å². The van der Waals surface area contributed by atoms with E-state index in [1.807, 2.05) is 42.6 Å². The minimum atomic E-state index is -0.137. The average molecular weight is 527 g/mol. The van der Waals surface area contributed by atoms with Crippen LogP contribution in [0.4, 0.5) is 22.3 Å².